The molecule has 120 valence electrons. The zero-order chi connectivity index (χ0) is 15.3. The fourth-order valence-corrected chi connectivity index (χ4v) is 5.15. The second-order valence-electron chi connectivity index (χ2n) is 7.17. The van der Waals surface area contributed by atoms with Crippen LogP contribution in [0.4, 0.5) is 0 Å². The van der Waals surface area contributed by atoms with Gasteiger partial charge < -0.3 is 4.90 Å². The Morgan fingerprint density at radius 3 is 2.68 bits per heavy atom. The van der Waals surface area contributed by atoms with Gasteiger partial charge >= 0.3 is 0 Å². The SMILES string of the molecule is CCN1CCN(CC)[C@@H]2C1C(C)=CN1C3=C(CCC=C3)C[C@@H]21. The summed E-state index contributed by atoms with van der Waals surface area (Å²) in [6.45, 7) is 11.8. The van der Waals surface area contributed by atoms with Gasteiger partial charge in [-0.05, 0) is 56.5 Å². The molecule has 0 amide bonds. The molecule has 0 bridgehead atoms. The minimum absolute atomic E-state index is 0.616. The summed E-state index contributed by atoms with van der Waals surface area (Å²) >= 11 is 0. The number of piperazine rings is 1. The molecule has 3 nitrogen and oxygen atoms in total. The quantitative estimate of drug-likeness (QED) is 0.776. The summed E-state index contributed by atoms with van der Waals surface area (Å²) in [7, 11) is 0. The highest BCUT2D eigenvalue weighted by molar-refractivity contribution is 5.40. The van der Waals surface area contributed by atoms with Crippen LogP contribution in [0.2, 0.25) is 0 Å². The van der Waals surface area contributed by atoms with Crippen LogP contribution in [-0.4, -0.2) is 59.0 Å². The smallest absolute Gasteiger partial charge is 0.0548 e. The predicted octanol–water partition coefficient (Wildman–Crippen LogP) is 2.98. The summed E-state index contributed by atoms with van der Waals surface area (Å²) in [5, 5.41) is 0. The Labute approximate surface area is 134 Å². The van der Waals surface area contributed by atoms with Crippen molar-refractivity contribution in [3.05, 3.63) is 35.2 Å². The molecule has 1 unspecified atom stereocenters. The van der Waals surface area contributed by atoms with Gasteiger partial charge in [0.25, 0.3) is 0 Å². The van der Waals surface area contributed by atoms with Gasteiger partial charge in [0, 0.05) is 31.0 Å². The van der Waals surface area contributed by atoms with E-state index in [1.807, 2.05) is 0 Å². The first-order chi connectivity index (χ1) is 10.7. The van der Waals surface area contributed by atoms with Crippen molar-refractivity contribution in [2.75, 3.05) is 26.2 Å². The van der Waals surface area contributed by atoms with Crippen molar-refractivity contribution < 1.29 is 0 Å². The molecule has 3 aliphatic heterocycles. The molecule has 4 aliphatic rings. The lowest BCUT2D eigenvalue weighted by molar-refractivity contribution is -0.000226. The van der Waals surface area contributed by atoms with Crippen molar-refractivity contribution in [2.45, 2.75) is 58.2 Å². The fraction of sp³-hybridized carbons (Fsp3) is 0.684. The van der Waals surface area contributed by atoms with Gasteiger partial charge in [-0.15, -0.1) is 0 Å². The van der Waals surface area contributed by atoms with Crippen LogP contribution in [0.25, 0.3) is 0 Å². The molecule has 1 aliphatic carbocycles. The van der Waals surface area contributed by atoms with Crippen molar-refractivity contribution in [1.29, 1.82) is 0 Å². The van der Waals surface area contributed by atoms with Crippen molar-refractivity contribution in [3.63, 3.8) is 0 Å². The van der Waals surface area contributed by atoms with E-state index in [1.165, 1.54) is 51.1 Å². The standard InChI is InChI=1S/C19H29N3/c1-4-20-10-11-21(5-2)19-17-12-15-8-6-7-9-16(15)22(17)13-14(3)18(19)20/h7,9,13,17-19H,4-6,8,10-12H2,1-3H3/t17-,18?,19-/m0/s1. The summed E-state index contributed by atoms with van der Waals surface area (Å²) in [5.74, 6) is 0. The topological polar surface area (TPSA) is 9.72 Å². The first kappa shape index (κ1) is 14.5. The van der Waals surface area contributed by atoms with Gasteiger partial charge in [-0.2, -0.15) is 0 Å². The highest BCUT2D eigenvalue weighted by atomic mass is 15.4. The van der Waals surface area contributed by atoms with Crippen molar-refractivity contribution in [1.82, 2.24) is 14.7 Å². The highest BCUT2D eigenvalue weighted by Gasteiger charge is 2.48. The first-order valence-electron chi connectivity index (χ1n) is 9.08. The van der Waals surface area contributed by atoms with E-state index in [0.29, 0.717) is 18.1 Å². The normalized spacial score (nSPS) is 35.3. The maximum atomic E-state index is 2.74. The van der Waals surface area contributed by atoms with E-state index in [-0.39, 0.29) is 0 Å². The summed E-state index contributed by atoms with van der Waals surface area (Å²) < 4.78 is 0. The molecule has 0 aromatic carbocycles. The Morgan fingerprint density at radius 1 is 1.14 bits per heavy atom. The van der Waals surface area contributed by atoms with E-state index >= 15 is 0 Å². The number of likely N-dealkylation sites (N-methyl/N-ethyl adjacent to an activating group) is 2. The minimum atomic E-state index is 0.616. The molecule has 4 rings (SSSR count). The lowest BCUT2D eigenvalue weighted by atomic mass is 9.84. The molecule has 0 spiro atoms. The Morgan fingerprint density at radius 2 is 1.91 bits per heavy atom. The highest BCUT2D eigenvalue weighted by Crippen LogP contribution is 2.43. The number of nitrogens with zero attached hydrogens (tertiary/aromatic N) is 3. The average molecular weight is 299 g/mol. The molecule has 22 heavy (non-hydrogen) atoms. The van der Waals surface area contributed by atoms with Crippen LogP contribution in [0.3, 0.4) is 0 Å². The molecule has 3 atom stereocenters. The van der Waals surface area contributed by atoms with E-state index < -0.39 is 0 Å². The van der Waals surface area contributed by atoms with E-state index in [9.17, 15) is 0 Å². The fourth-order valence-electron chi connectivity index (χ4n) is 5.15. The van der Waals surface area contributed by atoms with Crippen LogP contribution < -0.4 is 0 Å². The van der Waals surface area contributed by atoms with Crippen LogP contribution in [0.1, 0.15) is 40.0 Å². The average Bonchev–Trinajstić information content (AvgIpc) is 2.92. The zero-order valence-electron chi connectivity index (χ0n) is 14.3. The Balaban J connectivity index is 1.73. The van der Waals surface area contributed by atoms with Gasteiger partial charge in [0.15, 0.2) is 0 Å². The molecule has 1 fully saturated rings. The molecular formula is C19H29N3. The van der Waals surface area contributed by atoms with Gasteiger partial charge in [-0.25, -0.2) is 0 Å². The van der Waals surface area contributed by atoms with E-state index in [1.54, 1.807) is 11.1 Å². The Hall–Kier alpha value is -1.06. The van der Waals surface area contributed by atoms with Gasteiger partial charge in [-0.1, -0.05) is 19.9 Å². The monoisotopic (exact) mass is 299 g/mol. The first-order valence-corrected chi connectivity index (χ1v) is 9.08. The lowest BCUT2D eigenvalue weighted by Crippen LogP contribution is -2.67. The predicted molar refractivity (Wildman–Crippen MR) is 91.5 cm³/mol. The molecule has 0 saturated carbocycles. The molecule has 0 radical (unpaired) electrons. The summed E-state index contributed by atoms with van der Waals surface area (Å²) in [6, 6.07) is 1.92. The van der Waals surface area contributed by atoms with Crippen molar-refractivity contribution in [2.24, 2.45) is 0 Å². The lowest BCUT2D eigenvalue weighted by Gasteiger charge is -2.54. The van der Waals surface area contributed by atoms with Gasteiger partial charge in [0.05, 0.1) is 12.1 Å². The number of rotatable bonds is 2. The van der Waals surface area contributed by atoms with Gasteiger partial charge in [-0.3, -0.25) is 9.80 Å². The maximum absolute atomic E-state index is 2.74. The number of allylic oxidation sites excluding steroid dienone is 2. The van der Waals surface area contributed by atoms with Crippen LogP contribution in [0.5, 0.6) is 0 Å². The maximum Gasteiger partial charge on any atom is 0.0548 e. The number of fused-ring (bicyclic) bond motifs is 4. The molecule has 3 heteroatoms. The number of hydrogen-bond donors (Lipinski definition) is 0. The molecule has 0 aromatic rings. The third-order valence-electron chi connectivity index (χ3n) is 6.17. The molecule has 1 saturated heterocycles. The van der Waals surface area contributed by atoms with Crippen molar-refractivity contribution >= 4 is 0 Å². The van der Waals surface area contributed by atoms with E-state index in [2.05, 4.69) is 53.8 Å². The third-order valence-corrected chi connectivity index (χ3v) is 6.17. The van der Waals surface area contributed by atoms with Gasteiger partial charge in [0.2, 0.25) is 0 Å². The summed E-state index contributed by atoms with van der Waals surface area (Å²) in [5.41, 5.74) is 4.76. The third kappa shape index (κ3) is 2.02. The Bertz CT molecular complexity index is 545. The van der Waals surface area contributed by atoms with Gasteiger partial charge in [0.1, 0.15) is 0 Å². The van der Waals surface area contributed by atoms with Crippen LogP contribution in [0.15, 0.2) is 35.2 Å². The second-order valence-corrected chi connectivity index (χ2v) is 7.17. The van der Waals surface area contributed by atoms with Crippen LogP contribution >= 0.6 is 0 Å². The van der Waals surface area contributed by atoms with E-state index in [4.69, 9.17) is 0 Å². The largest absolute Gasteiger partial charge is 0.343 e. The number of hydrogen-bond acceptors (Lipinski definition) is 3. The Kier molecular flexibility index (Phi) is 3.66. The van der Waals surface area contributed by atoms with Crippen LogP contribution in [0, 0.1) is 0 Å². The van der Waals surface area contributed by atoms with Crippen molar-refractivity contribution in [3.8, 4) is 0 Å². The molecule has 3 heterocycles. The molecular weight excluding hydrogens is 270 g/mol. The molecule has 0 N–H and O–H groups in total. The van der Waals surface area contributed by atoms with E-state index in [0.717, 1.165) is 0 Å². The molecule has 0 aromatic heterocycles. The van der Waals surface area contributed by atoms with Crippen LogP contribution in [-0.2, 0) is 0 Å². The zero-order valence-corrected chi connectivity index (χ0v) is 14.3. The minimum Gasteiger partial charge on any atom is -0.343 e. The summed E-state index contributed by atoms with van der Waals surface area (Å²) in [6.07, 6.45) is 11.0. The second kappa shape index (κ2) is 5.54. The summed E-state index contributed by atoms with van der Waals surface area (Å²) in [4.78, 5) is 8.06.